The number of pyridine rings is 1. The molecule has 1 atom stereocenters. The minimum absolute atomic E-state index is 0.0679. The minimum Gasteiger partial charge on any atom is -0.454 e. The van der Waals surface area contributed by atoms with Crippen LogP contribution < -0.4 is 14.8 Å². The van der Waals surface area contributed by atoms with Crippen LogP contribution in [-0.2, 0) is 6.54 Å². The molecule has 2 aliphatic heterocycles. The molecule has 2 aromatic carbocycles. The number of benzene rings is 2. The van der Waals surface area contributed by atoms with Gasteiger partial charge in [0.25, 0.3) is 5.91 Å². The second-order valence-corrected chi connectivity index (χ2v) is 8.02. The second kappa shape index (κ2) is 8.32. The minimum atomic E-state index is -0.0679. The molecular weight excluding hydrogens is 378 g/mol. The molecule has 154 valence electrons. The standard InChI is InChI=1S/C24H25N3O3/c28-24(19-8-10-22-23(12-19)30-16-29-22)25-13-17-4-3-11-27(14-17)15-20-9-7-18-5-1-2-6-21(18)26-20/h1-2,5-10,12,17H,3-4,11,13-16H2,(H,25,28). The third-order valence-corrected chi connectivity index (χ3v) is 5.83. The van der Waals surface area contributed by atoms with Gasteiger partial charge in [-0.2, -0.15) is 0 Å². The first-order chi connectivity index (χ1) is 14.7. The van der Waals surface area contributed by atoms with E-state index in [9.17, 15) is 4.79 Å². The van der Waals surface area contributed by atoms with Crippen molar-refractivity contribution in [3.05, 3.63) is 65.9 Å². The molecule has 2 aliphatic rings. The highest BCUT2D eigenvalue weighted by Crippen LogP contribution is 2.32. The first-order valence-electron chi connectivity index (χ1n) is 10.5. The molecule has 30 heavy (non-hydrogen) atoms. The van der Waals surface area contributed by atoms with Crippen LogP contribution in [0.3, 0.4) is 0 Å². The fraction of sp³-hybridized carbons (Fsp3) is 0.333. The highest BCUT2D eigenvalue weighted by Gasteiger charge is 2.22. The normalized spacial score (nSPS) is 18.5. The molecule has 1 saturated heterocycles. The first kappa shape index (κ1) is 18.9. The van der Waals surface area contributed by atoms with Gasteiger partial charge in [0.2, 0.25) is 6.79 Å². The molecule has 0 bridgehead atoms. The van der Waals surface area contributed by atoms with E-state index < -0.39 is 0 Å². The molecule has 5 rings (SSSR count). The van der Waals surface area contributed by atoms with Gasteiger partial charge in [0.1, 0.15) is 0 Å². The number of para-hydroxylation sites is 1. The van der Waals surface area contributed by atoms with E-state index >= 15 is 0 Å². The highest BCUT2D eigenvalue weighted by molar-refractivity contribution is 5.94. The van der Waals surface area contributed by atoms with Crippen molar-refractivity contribution >= 4 is 16.8 Å². The predicted octanol–water partition coefficient (Wildman–Crippen LogP) is 3.61. The summed E-state index contributed by atoms with van der Waals surface area (Å²) in [5.41, 5.74) is 2.74. The molecule has 0 spiro atoms. The molecule has 3 aromatic rings. The summed E-state index contributed by atoms with van der Waals surface area (Å²) in [5.74, 6) is 1.70. The molecule has 1 fully saturated rings. The van der Waals surface area contributed by atoms with Crippen molar-refractivity contribution in [3.8, 4) is 11.5 Å². The lowest BCUT2D eigenvalue weighted by atomic mass is 9.97. The Bertz CT molecular complexity index is 1070. The summed E-state index contributed by atoms with van der Waals surface area (Å²) in [4.78, 5) is 19.8. The molecule has 3 heterocycles. The Morgan fingerprint density at radius 1 is 1.10 bits per heavy atom. The van der Waals surface area contributed by atoms with Gasteiger partial charge in [-0.05, 0) is 55.6 Å². The number of fused-ring (bicyclic) bond motifs is 2. The summed E-state index contributed by atoms with van der Waals surface area (Å²) < 4.78 is 10.7. The van der Waals surface area contributed by atoms with Gasteiger partial charge in [-0.25, -0.2) is 0 Å². The Balaban J connectivity index is 1.16. The average Bonchev–Trinajstić information content (AvgIpc) is 3.26. The van der Waals surface area contributed by atoms with Gasteiger partial charge in [-0.3, -0.25) is 14.7 Å². The largest absolute Gasteiger partial charge is 0.454 e. The number of carbonyl (C=O) groups excluding carboxylic acids is 1. The number of carbonyl (C=O) groups is 1. The monoisotopic (exact) mass is 403 g/mol. The molecule has 1 N–H and O–H groups in total. The van der Waals surface area contributed by atoms with Gasteiger partial charge in [-0.15, -0.1) is 0 Å². The first-order valence-corrected chi connectivity index (χ1v) is 10.5. The number of likely N-dealkylation sites (tertiary alicyclic amines) is 1. The van der Waals surface area contributed by atoms with Gasteiger partial charge >= 0.3 is 0 Å². The third kappa shape index (κ3) is 4.09. The Hall–Kier alpha value is -3.12. The van der Waals surface area contributed by atoms with Crippen LogP contribution in [0, 0.1) is 5.92 Å². The van der Waals surface area contributed by atoms with Crippen LogP contribution in [0.25, 0.3) is 10.9 Å². The number of rotatable bonds is 5. The van der Waals surface area contributed by atoms with Crippen LogP contribution in [0.4, 0.5) is 0 Å². The number of hydrogen-bond donors (Lipinski definition) is 1. The van der Waals surface area contributed by atoms with Gasteiger partial charge in [0, 0.05) is 30.6 Å². The summed E-state index contributed by atoms with van der Waals surface area (Å²) in [6, 6.07) is 17.8. The number of ether oxygens (including phenoxy) is 2. The van der Waals surface area contributed by atoms with Crippen molar-refractivity contribution in [3.63, 3.8) is 0 Å². The number of piperidine rings is 1. The molecule has 0 saturated carbocycles. The van der Waals surface area contributed by atoms with Crippen molar-refractivity contribution in [2.45, 2.75) is 19.4 Å². The Morgan fingerprint density at radius 2 is 2.00 bits per heavy atom. The summed E-state index contributed by atoms with van der Waals surface area (Å²) in [5, 5.41) is 4.26. The molecule has 6 heteroatoms. The fourth-order valence-electron chi connectivity index (χ4n) is 4.26. The molecule has 0 radical (unpaired) electrons. The van der Waals surface area contributed by atoms with Crippen molar-refractivity contribution in [2.75, 3.05) is 26.4 Å². The lowest BCUT2D eigenvalue weighted by molar-refractivity contribution is 0.0930. The molecule has 6 nitrogen and oxygen atoms in total. The number of hydrogen-bond acceptors (Lipinski definition) is 5. The van der Waals surface area contributed by atoms with Crippen LogP contribution >= 0.6 is 0 Å². The Morgan fingerprint density at radius 3 is 2.97 bits per heavy atom. The maximum Gasteiger partial charge on any atom is 0.251 e. The summed E-state index contributed by atoms with van der Waals surface area (Å²) in [6.45, 7) is 3.77. The zero-order valence-corrected chi connectivity index (χ0v) is 16.8. The van der Waals surface area contributed by atoms with E-state index in [0.717, 1.165) is 43.7 Å². The van der Waals surface area contributed by atoms with Crippen molar-refractivity contribution in [2.24, 2.45) is 5.92 Å². The van der Waals surface area contributed by atoms with E-state index in [1.54, 1.807) is 18.2 Å². The van der Waals surface area contributed by atoms with Crippen LogP contribution in [0.5, 0.6) is 11.5 Å². The zero-order valence-electron chi connectivity index (χ0n) is 16.8. The van der Waals surface area contributed by atoms with Gasteiger partial charge < -0.3 is 14.8 Å². The average molecular weight is 403 g/mol. The van der Waals surface area contributed by atoms with E-state index in [0.29, 0.717) is 29.5 Å². The topological polar surface area (TPSA) is 63.7 Å². The maximum absolute atomic E-state index is 12.6. The van der Waals surface area contributed by atoms with E-state index in [2.05, 4.69) is 34.5 Å². The predicted molar refractivity (Wildman–Crippen MR) is 115 cm³/mol. The van der Waals surface area contributed by atoms with Crippen LogP contribution in [0.1, 0.15) is 28.9 Å². The van der Waals surface area contributed by atoms with E-state index in [1.165, 1.54) is 5.39 Å². The van der Waals surface area contributed by atoms with Crippen LogP contribution in [0.2, 0.25) is 0 Å². The molecular formula is C24H25N3O3. The van der Waals surface area contributed by atoms with Crippen molar-refractivity contribution < 1.29 is 14.3 Å². The number of amides is 1. The highest BCUT2D eigenvalue weighted by atomic mass is 16.7. The zero-order chi connectivity index (χ0) is 20.3. The molecule has 0 aliphatic carbocycles. The van der Waals surface area contributed by atoms with Gasteiger partial charge in [0.15, 0.2) is 11.5 Å². The quantitative estimate of drug-likeness (QED) is 0.705. The van der Waals surface area contributed by atoms with Gasteiger partial charge in [-0.1, -0.05) is 24.3 Å². The molecule has 1 aromatic heterocycles. The van der Waals surface area contributed by atoms with Crippen LogP contribution in [0.15, 0.2) is 54.6 Å². The number of nitrogens with zero attached hydrogens (tertiary/aromatic N) is 2. The molecule has 1 unspecified atom stereocenters. The maximum atomic E-state index is 12.6. The Kier molecular flexibility index (Phi) is 5.24. The summed E-state index contributed by atoms with van der Waals surface area (Å²) >= 11 is 0. The number of aromatic nitrogens is 1. The lowest BCUT2D eigenvalue weighted by Crippen LogP contribution is -2.40. The smallest absolute Gasteiger partial charge is 0.251 e. The van der Waals surface area contributed by atoms with E-state index in [4.69, 9.17) is 14.5 Å². The number of nitrogens with one attached hydrogen (secondary N) is 1. The lowest BCUT2D eigenvalue weighted by Gasteiger charge is -2.32. The van der Waals surface area contributed by atoms with Crippen molar-refractivity contribution in [1.82, 2.24) is 15.2 Å². The SMILES string of the molecule is O=C(NCC1CCCN(Cc2ccc3ccccc3n2)C1)c1ccc2c(c1)OCO2. The van der Waals surface area contributed by atoms with Gasteiger partial charge in [0.05, 0.1) is 11.2 Å². The van der Waals surface area contributed by atoms with E-state index in [1.807, 2.05) is 12.1 Å². The Labute approximate surface area is 175 Å². The van der Waals surface area contributed by atoms with Crippen LogP contribution in [-0.4, -0.2) is 42.2 Å². The summed E-state index contributed by atoms with van der Waals surface area (Å²) in [6.07, 6.45) is 2.27. The second-order valence-electron chi connectivity index (χ2n) is 8.02. The van der Waals surface area contributed by atoms with E-state index in [-0.39, 0.29) is 12.7 Å². The third-order valence-electron chi connectivity index (χ3n) is 5.83. The fourth-order valence-corrected chi connectivity index (χ4v) is 4.26. The molecule has 1 amide bonds. The van der Waals surface area contributed by atoms with Crippen molar-refractivity contribution in [1.29, 1.82) is 0 Å². The summed E-state index contributed by atoms with van der Waals surface area (Å²) in [7, 11) is 0.